The molecule has 2 aromatic carbocycles. The van der Waals surface area contributed by atoms with E-state index in [4.69, 9.17) is 10.5 Å². The molecule has 38 heavy (non-hydrogen) atoms. The average Bonchev–Trinajstić information content (AvgIpc) is 3.35. The second-order valence-corrected chi connectivity index (χ2v) is 10.4. The highest BCUT2D eigenvalue weighted by Gasteiger charge is 2.39. The van der Waals surface area contributed by atoms with E-state index in [-0.39, 0.29) is 41.5 Å². The Balaban J connectivity index is 1.34. The van der Waals surface area contributed by atoms with Crippen molar-refractivity contribution in [3.63, 3.8) is 0 Å². The molecule has 200 valence electrons. The minimum absolute atomic E-state index is 0.00456. The first-order valence-electron chi connectivity index (χ1n) is 13.3. The Labute approximate surface area is 221 Å². The molecule has 1 aliphatic carbocycles. The number of hydrogen-bond donors (Lipinski definition) is 2. The van der Waals surface area contributed by atoms with Gasteiger partial charge in [-0.25, -0.2) is 18.2 Å². The minimum Gasteiger partial charge on any atom is -0.387 e. The van der Waals surface area contributed by atoms with Gasteiger partial charge >= 0.3 is 0 Å². The van der Waals surface area contributed by atoms with Crippen molar-refractivity contribution < 1.29 is 17.9 Å². The van der Waals surface area contributed by atoms with Gasteiger partial charge in [-0.2, -0.15) is 0 Å². The van der Waals surface area contributed by atoms with Crippen molar-refractivity contribution in [2.45, 2.75) is 62.6 Å². The SMILES string of the molecule is NC(CC(c1ccc(F)cc1)c1ccc(F)cc1)=Nc1cncc(F)c1CC[C@@H]1CNCC2(CCCC2)O1. The largest absolute Gasteiger partial charge is 0.387 e. The second kappa shape index (κ2) is 11.7. The van der Waals surface area contributed by atoms with Gasteiger partial charge in [-0.15, -0.1) is 0 Å². The number of rotatable bonds is 8. The zero-order chi connectivity index (χ0) is 26.5. The van der Waals surface area contributed by atoms with Gasteiger partial charge in [0.05, 0.1) is 29.8 Å². The molecule has 0 bridgehead atoms. The molecule has 0 radical (unpaired) electrons. The number of nitrogens with two attached hydrogens (primary N) is 1. The van der Waals surface area contributed by atoms with E-state index in [1.54, 1.807) is 24.3 Å². The zero-order valence-electron chi connectivity index (χ0n) is 21.3. The monoisotopic (exact) mass is 522 g/mol. The van der Waals surface area contributed by atoms with Gasteiger partial charge in [-0.1, -0.05) is 37.1 Å². The predicted molar refractivity (Wildman–Crippen MR) is 142 cm³/mol. The lowest BCUT2D eigenvalue weighted by atomic mass is 9.88. The topological polar surface area (TPSA) is 72.5 Å². The third-order valence-corrected chi connectivity index (χ3v) is 7.67. The average molecular weight is 523 g/mol. The fourth-order valence-electron chi connectivity index (χ4n) is 5.70. The Morgan fingerprint density at radius 2 is 1.63 bits per heavy atom. The summed E-state index contributed by atoms with van der Waals surface area (Å²) in [5, 5.41) is 3.50. The molecule has 5 rings (SSSR count). The van der Waals surface area contributed by atoms with Gasteiger partial charge < -0.3 is 15.8 Å². The normalized spacial score (nSPS) is 19.4. The molecule has 2 aliphatic rings. The number of aromatic nitrogens is 1. The zero-order valence-corrected chi connectivity index (χ0v) is 21.3. The van der Waals surface area contributed by atoms with E-state index in [2.05, 4.69) is 15.3 Å². The summed E-state index contributed by atoms with van der Waals surface area (Å²) in [6.45, 7) is 1.62. The summed E-state index contributed by atoms with van der Waals surface area (Å²) in [7, 11) is 0. The van der Waals surface area contributed by atoms with Crippen molar-refractivity contribution in [3.05, 3.63) is 95.1 Å². The summed E-state index contributed by atoms with van der Waals surface area (Å²) in [4.78, 5) is 8.57. The molecule has 3 N–H and O–H groups in total. The quantitative estimate of drug-likeness (QED) is 0.284. The number of halogens is 3. The van der Waals surface area contributed by atoms with Crippen LogP contribution >= 0.6 is 0 Å². The Hall–Kier alpha value is -3.23. The van der Waals surface area contributed by atoms with Gasteiger partial charge in [0, 0.05) is 31.0 Å². The number of ether oxygens (including phenoxy) is 1. The first kappa shape index (κ1) is 26.4. The molecular formula is C30H33F3N4O. The number of hydrogen-bond acceptors (Lipinski definition) is 4. The first-order valence-corrected chi connectivity index (χ1v) is 13.3. The number of amidine groups is 1. The molecule has 0 amide bonds. The van der Waals surface area contributed by atoms with E-state index in [0.29, 0.717) is 24.1 Å². The van der Waals surface area contributed by atoms with E-state index < -0.39 is 5.82 Å². The molecule has 2 heterocycles. The highest BCUT2D eigenvalue weighted by Crippen LogP contribution is 2.36. The summed E-state index contributed by atoms with van der Waals surface area (Å²) < 4.78 is 48.5. The van der Waals surface area contributed by atoms with E-state index >= 15 is 0 Å². The fourth-order valence-corrected chi connectivity index (χ4v) is 5.70. The number of morpholine rings is 1. The van der Waals surface area contributed by atoms with Crippen LogP contribution in [0.25, 0.3) is 0 Å². The predicted octanol–water partition coefficient (Wildman–Crippen LogP) is 5.94. The van der Waals surface area contributed by atoms with Gasteiger partial charge in [0.15, 0.2) is 0 Å². The van der Waals surface area contributed by atoms with E-state index in [0.717, 1.165) is 37.1 Å². The van der Waals surface area contributed by atoms with E-state index in [1.165, 1.54) is 49.5 Å². The molecule has 1 atom stereocenters. The molecule has 1 saturated carbocycles. The molecule has 5 nitrogen and oxygen atoms in total. The Morgan fingerprint density at radius 1 is 1.00 bits per heavy atom. The third kappa shape index (κ3) is 6.25. The molecule has 8 heteroatoms. The van der Waals surface area contributed by atoms with Gasteiger partial charge in [0.2, 0.25) is 0 Å². The second-order valence-electron chi connectivity index (χ2n) is 10.4. The maximum absolute atomic E-state index is 14.9. The molecule has 1 spiro atoms. The molecule has 2 fully saturated rings. The summed E-state index contributed by atoms with van der Waals surface area (Å²) >= 11 is 0. The van der Waals surface area contributed by atoms with E-state index in [1.807, 2.05) is 0 Å². The molecular weight excluding hydrogens is 489 g/mol. The molecule has 0 unspecified atom stereocenters. The Bertz CT molecular complexity index is 1210. The maximum atomic E-state index is 14.9. The lowest BCUT2D eigenvalue weighted by Gasteiger charge is -2.39. The van der Waals surface area contributed by atoms with Crippen LogP contribution in [0.3, 0.4) is 0 Å². The van der Waals surface area contributed by atoms with Crippen LogP contribution in [0.5, 0.6) is 0 Å². The van der Waals surface area contributed by atoms with Crippen molar-refractivity contribution in [2.24, 2.45) is 10.7 Å². The van der Waals surface area contributed by atoms with Crippen molar-refractivity contribution in [2.75, 3.05) is 13.1 Å². The Kier molecular flexibility index (Phi) is 8.09. The van der Waals surface area contributed by atoms with Crippen LogP contribution in [0.4, 0.5) is 18.9 Å². The number of aliphatic imine (C=N–C) groups is 1. The van der Waals surface area contributed by atoms with Gasteiger partial charge in [0.1, 0.15) is 23.3 Å². The van der Waals surface area contributed by atoms with Crippen molar-refractivity contribution in [1.82, 2.24) is 10.3 Å². The number of nitrogens with zero attached hydrogens (tertiary/aromatic N) is 2. The van der Waals surface area contributed by atoms with Gasteiger partial charge in [-0.3, -0.25) is 4.98 Å². The molecule has 1 aliphatic heterocycles. The number of nitrogens with one attached hydrogen (secondary N) is 1. The first-order chi connectivity index (χ1) is 18.4. The number of benzene rings is 2. The Morgan fingerprint density at radius 3 is 2.26 bits per heavy atom. The van der Waals surface area contributed by atoms with Crippen LogP contribution in [0, 0.1) is 17.5 Å². The fraction of sp³-hybridized carbons (Fsp3) is 0.400. The standard InChI is InChI=1S/C30H33F3N4O/c31-22-7-3-20(4-8-22)26(21-5-9-23(32)10-6-21)15-29(34)37-28-18-35-17-27(33)25(28)12-11-24-16-36-19-30(38-24)13-1-2-14-30/h3-10,17-18,24,26,36H,1-2,11-16,19H2,(H2,34,37)/t24-/m1/s1. The lowest BCUT2D eigenvalue weighted by Crippen LogP contribution is -2.52. The molecule has 1 saturated heterocycles. The summed E-state index contributed by atoms with van der Waals surface area (Å²) in [5.74, 6) is -1.13. The highest BCUT2D eigenvalue weighted by molar-refractivity contribution is 5.84. The van der Waals surface area contributed by atoms with Crippen LogP contribution < -0.4 is 11.1 Å². The number of pyridine rings is 1. The van der Waals surface area contributed by atoms with Crippen LogP contribution in [0.2, 0.25) is 0 Å². The van der Waals surface area contributed by atoms with E-state index in [9.17, 15) is 13.2 Å². The summed E-state index contributed by atoms with van der Waals surface area (Å²) in [5.41, 5.74) is 8.79. The van der Waals surface area contributed by atoms with Crippen LogP contribution in [-0.4, -0.2) is 35.6 Å². The van der Waals surface area contributed by atoms with Crippen LogP contribution in [0.15, 0.2) is 65.9 Å². The van der Waals surface area contributed by atoms with Crippen molar-refractivity contribution in [3.8, 4) is 0 Å². The highest BCUT2D eigenvalue weighted by atomic mass is 19.1. The van der Waals surface area contributed by atoms with Crippen LogP contribution in [-0.2, 0) is 11.2 Å². The van der Waals surface area contributed by atoms with Gasteiger partial charge in [0.25, 0.3) is 0 Å². The molecule has 1 aromatic heterocycles. The molecule has 3 aromatic rings. The van der Waals surface area contributed by atoms with Crippen molar-refractivity contribution >= 4 is 11.5 Å². The maximum Gasteiger partial charge on any atom is 0.146 e. The third-order valence-electron chi connectivity index (χ3n) is 7.67. The minimum atomic E-state index is -0.424. The summed E-state index contributed by atoms with van der Waals surface area (Å²) in [6.07, 6.45) is 8.61. The lowest BCUT2D eigenvalue weighted by molar-refractivity contribution is -0.114. The van der Waals surface area contributed by atoms with Gasteiger partial charge in [-0.05, 0) is 61.1 Å². The van der Waals surface area contributed by atoms with Crippen LogP contribution in [0.1, 0.15) is 61.1 Å². The summed E-state index contributed by atoms with van der Waals surface area (Å²) in [6, 6.07) is 12.2. The smallest absolute Gasteiger partial charge is 0.146 e. The van der Waals surface area contributed by atoms with Crippen molar-refractivity contribution in [1.29, 1.82) is 0 Å².